The van der Waals surface area contributed by atoms with Crippen LogP contribution in [0.15, 0.2) is 48.8 Å². The van der Waals surface area contributed by atoms with Gasteiger partial charge in [-0.3, -0.25) is 9.97 Å². The first-order valence-electron chi connectivity index (χ1n) is 4.53. The van der Waals surface area contributed by atoms with E-state index in [-0.39, 0.29) is 35.3 Å². The molecule has 0 fully saturated rings. The van der Waals surface area contributed by atoms with E-state index in [9.17, 15) is 0 Å². The van der Waals surface area contributed by atoms with Gasteiger partial charge in [-0.25, -0.2) is 0 Å². The van der Waals surface area contributed by atoms with Crippen molar-refractivity contribution in [1.82, 2.24) is 9.97 Å². The van der Waals surface area contributed by atoms with Crippen molar-refractivity contribution in [3.05, 3.63) is 63.6 Å². The Kier molecular flexibility index (Phi) is 5.95. The molecule has 0 spiro atoms. The molecular formula is C14H14N2Pd. The fourth-order valence-electron chi connectivity index (χ4n) is 1.68. The van der Waals surface area contributed by atoms with Gasteiger partial charge in [-0.05, 0) is 12.1 Å². The fourth-order valence-corrected chi connectivity index (χ4v) is 1.68. The van der Waals surface area contributed by atoms with Crippen molar-refractivity contribution in [2.45, 2.75) is 0 Å². The second kappa shape index (κ2) is 6.44. The Morgan fingerprint density at radius 2 is 1.06 bits per heavy atom. The number of fused-ring (bicyclic) bond motifs is 3. The molecule has 17 heavy (non-hydrogen) atoms. The minimum Gasteiger partial charge on any atom is -0.358 e. The summed E-state index contributed by atoms with van der Waals surface area (Å²) in [6.45, 7) is 0. The molecule has 3 rings (SSSR count). The average Bonchev–Trinajstić information content (AvgIpc) is 2.29. The standard InChI is InChI=1S/C12H8N2.2CH3.Pd/c1-3-9-5-6-10-4-2-8-14-12(10)11(9)13-7-1;;;/h1-8H;2*1H3;/q;2*-1;+2. The number of hydrogen-bond donors (Lipinski definition) is 0. The van der Waals surface area contributed by atoms with Crippen LogP contribution in [-0.2, 0) is 20.4 Å². The maximum absolute atomic E-state index is 4.35. The summed E-state index contributed by atoms with van der Waals surface area (Å²) in [6.07, 6.45) is 3.60. The summed E-state index contributed by atoms with van der Waals surface area (Å²) in [5.74, 6) is 0. The Balaban J connectivity index is 0.000000853. The summed E-state index contributed by atoms with van der Waals surface area (Å²) in [5, 5.41) is 2.28. The quantitative estimate of drug-likeness (QED) is 0.359. The van der Waals surface area contributed by atoms with E-state index in [1.165, 1.54) is 0 Å². The van der Waals surface area contributed by atoms with Gasteiger partial charge in [-0.1, -0.05) is 24.3 Å². The second-order valence-electron chi connectivity index (χ2n) is 3.22. The number of rotatable bonds is 0. The van der Waals surface area contributed by atoms with Crippen LogP contribution in [0.1, 0.15) is 0 Å². The van der Waals surface area contributed by atoms with Gasteiger partial charge in [0, 0.05) is 23.2 Å². The van der Waals surface area contributed by atoms with Crippen LogP contribution in [-0.4, -0.2) is 9.97 Å². The molecule has 90 valence electrons. The molecule has 0 saturated heterocycles. The molecule has 0 saturated carbocycles. The molecular weight excluding hydrogens is 303 g/mol. The number of hydrogen-bond acceptors (Lipinski definition) is 2. The molecule has 1 aromatic carbocycles. The smallest absolute Gasteiger partial charge is 0.358 e. The molecule has 0 bridgehead atoms. The van der Waals surface area contributed by atoms with Crippen molar-refractivity contribution in [2.24, 2.45) is 0 Å². The first kappa shape index (κ1) is 15.7. The van der Waals surface area contributed by atoms with Crippen LogP contribution in [0.3, 0.4) is 0 Å². The Morgan fingerprint density at radius 3 is 1.47 bits per heavy atom. The van der Waals surface area contributed by atoms with Crippen molar-refractivity contribution in [3.63, 3.8) is 0 Å². The summed E-state index contributed by atoms with van der Waals surface area (Å²) >= 11 is 0. The minimum absolute atomic E-state index is 0. The van der Waals surface area contributed by atoms with Crippen molar-refractivity contribution in [1.29, 1.82) is 0 Å². The van der Waals surface area contributed by atoms with Crippen molar-refractivity contribution < 1.29 is 20.4 Å². The first-order valence-corrected chi connectivity index (χ1v) is 4.53. The van der Waals surface area contributed by atoms with E-state index >= 15 is 0 Å². The molecule has 2 nitrogen and oxygen atoms in total. The Bertz CT molecular complexity index is 553. The summed E-state index contributed by atoms with van der Waals surface area (Å²) in [5.41, 5.74) is 1.95. The molecule has 3 aromatic rings. The molecule has 0 amide bonds. The zero-order chi connectivity index (χ0) is 9.38. The van der Waals surface area contributed by atoms with Gasteiger partial charge in [0.2, 0.25) is 0 Å². The predicted molar refractivity (Wildman–Crippen MR) is 69.9 cm³/mol. The number of pyridine rings is 2. The summed E-state index contributed by atoms with van der Waals surface area (Å²) < 4.78 is 0. The third-order valence-corrected chi connectivity index (χ3v) is 2.34. The monoisotopic (exact) mass is 316 g/mol. The zero-order valence-corrected chi connectivity index (χ0v) is 11.4. The van der Waals surface area contributed by atoms with Crippen molar-refractivity contribution >= 4 is 21.8 Å². The number of nitrogens with zero attached hydrogens (tertiary/aromatic N) is 2. The molecule has 0 aliphatic rings. The van der Waals surface area contributed by atoms with Crippen LogP contribution in [0.25, 0.3) is 21.8 Å². The van der Waals surface area contributed by atoms with Crippen LogP contribution in [0.5, 0.6) is 0 Å². The second-order valence-corrected chi connectivity index (χ2v) is 3.22. The van der Waals surface area contributed by atoms with Gasteiger partial charge in [0.25, 0.3) is 0 Å². The van der Waals surface area contributed by atoms with Gasteiger partial charge in [0.15, 0.2) is 0 Å². The molecule has 3 heteroatoms. The van der Waals surface area contributed by atoms with Crippen LogP contribution in [0.4, 0.5) is 0 Å². The fraction of sp³-hybridized carbons (Fsp3) is 0. The van der Waals surface area contributed by atoms with Crippen LogP contribution >= 0.6 is 0 Å². The van der Waals surface area contributed by atoms with Crippen molar-refractivity contribution in [3.8, 4) is 0 Å². The number of aromatic nitrogens is 2. The van der Waals surface area contributed by atoms with Gasteiger partial charge in [-0.2, -0.15) is 0 Å². The maximum atomic E-state index is 4.35. The van der Waals surface area contributed by atoms with Crippen LogP contribution in [0.2, 0.25) is 0 Å². The third kappa shape index (κ3) is 2.69. The Labute approximate surface area is 116 Å². The van der Waals surface area contributed by atoms with E-state index in [0.717, 1.165) is 21.8 Å². The number of benzene rings is 1. The predicted octanol–water partition coefficient (Wildman–Crippen LogP) is 3.68. The summed E-state index contributed by atoms with van der Waals surface area (Å²) in [4.78, 5) is 8.69. The molecule has 2 heterocycles. The molecule has 0 aliphatic carbocycles. The SMILES string of the molecule is [CH3-].[CH3-].[Pd+2].c1cnc2c(c1)ccc1cccnc12. The molecule has 0 N–H and O–H groups in total. The molecule has 0 atom stereocenters. The van der Waals surface area contributed by atoms with E-state index in [1.807, 2.05) is 12.1 Å². The molecule has 0 radical (unpaired) electrons. The topological polar surface area (TPSA) is 25.8 Å². The van der Waals surface area contributed by atoms with Gasteiger partial charge in [-0.15, -0.1) is 0 Å². The minimum atomic E-state index is 0. The normalized spacial score (nSPS) is 8.94. The van der Waals surface area contributed by atoms with Gasteiger partial charge < -0.3 is 14.9 Å². The molecule has 0 aliphatic heterocycles. The van der Waals surface area contributed by atoms with E-state index in [0.29, 0.717) is 0 Å². The van der Waals surface area contributed by atoms with Crippen molar-refractivity contribution in [2.75, 3.05) is 0 Å². The van der Waals surface area contributed by atoms with Crippen LogP contribution in [0, 0.1) is 14.9 Å². The maximum Gasteiger partial charge on any atom is 2.00 e. The van der Waals surface area contributed by atoms with Gasteiger partial charge >= 0.3 is 20.4 Å². The van der Waals surface area contributed by atoms with E-state index in [1.54, 1.807) is 12.4 Å². The van der Waals surface area contributed by atoms with Gasteiger partial charge in [0.05, 0.1) is 11.0 Å². The average molecular weight is 317 g/mol. The molecule has 2 aromatic heterocycles. The zero-order valence-electron chi connectivity index (χ0n) is 9.83. The van der Waals surface area contributed by atoms with Crippen LogP contribution < -0.4 is 0 Å². The van der Waals surface area contributed by atoms with Gasteiger partial charge in [0.1, 0.15) is 0 Å². The molecule has 0 unspecified atom stereocenters. The first-order chi connectivity index (χ1) is 6.95. The third-order valence-electron chi connectivity index (χ3n) is 2.34. The van der Waals surface area contributed by atoms with E-state index in [4.69, 9.17) is 0 Å². The van der Waals surface area contributed by atoms with E-state index in [2.05, 4.69) is 34.2 Å². The Morgan fingerprint density at radius 1 is 0.647 bits per heavy atom. The Hall–Kier alpha value is -1.30. The summed E-state index contributed by atoms with van der Waals surface area (Å²) in [6, 6.07) is 12.1. The largest absolute Gasteiger partial charge is 2.00 e. The van der Waals surface area contributed by atoms with E-state index < -0.39 is 0 Å². The summed E-state index contributed by atoms with van der Waals surface area (Å²) in [7, 11) is 0.